The first kappa shape index (κ1) is 14.7. The summed E-state index contributed by atoms with van der Waals surface area (Å²) in [6, 6.07) is 4.10. The van der Waals surface area contributed by atoms with Crippen LogP contribution >= 0.6 is 0 Å². The Hall–Kier alpha value is -1.38. The minimum Gasteiger partial charge on any atom is -0.367 e. The molecule has 0 amide bonds. The van der Waals surface area contributed by atoms with E-state index in [1.807, 2.05) is 19.1 Å². The van der Waals surface area contributed by atoms with Gasteiger partial charge in [-0.2, -0.15) is 0 Å². The summed E-state index contributed by atoms with van der Waals surface area (Å²) in [6.07, 6.45) is 6.49. The van der Waals surface area contributed by atoms with Gasteiger partial charge in [0.15, 0.2) is 5.78 Å². The quantitative estimate of drug-likeness (QED) is 0.705. The SMILES string of the molecule is CCCC(=O)c1cccnc1NC(CC)CCC. The summed E-state index contributed by atoms with van der Waals surface area (Å²) in [5.41, 5.74) is 0.730. The fourth-order valence-corrected chi connectivity index (χ4v) is 2.03. The number of Topliss-reactive ketones (excluding diaryl/α,β-unsaturated/α-hetero) is 1. The van der Waals surface area contributed by atoms with Crippen molar-refractivity contribution in [3.63, 3.8) is 0 Å². The number of carbonyl (C=O) groups excluding carboxylic acids is 1. The standard InChI is InChI=1S/C15H24N2O/c1-4-8-12(6-3)17-15-13(10-7-11-16-15)14(18)9-5-2/h7,10-12H,4-6,8-9H2,1-3H3,(H,16,17). The van der Waals surface area contributed by atoms with Gasteiger partial charge in [-0.15, -0.1) is 0 Å². The van der Waals surface area contributed by atoms with E-state index in [0.29, 0.717) is 12.5 Å². The summed E-state index contributed by atoms with van der Waals surface area (Å²) >= 11 is 0. The first-order chi connectivity index (χ1) is 8.72. The van der Waals surface area contributed by atoms with Crippen LogP contribution in [0.1, 0.15) is 63.2 Å². The van der Waals surface area contributed by atoms with E-state index in [-0.39, 0.29) is 5.78 Å². The molecule has 3 heteroatoms. The highest BCUT2D eigenvalue weighted by Crippen LogP contribution is 2.17. The average Bonchev–Trinajstić information content (AvgIpc) is 2.39. The van der Waals surface area contributed by atoms with Crippen molar-refractivity contribution in [2.75, 3.05) is 5.32 Å². The second-order valence-corrected chi connectivity index (χ2v) is 4.61. The van der Waals surface area contributed by atoms with Crippen LogP contribution < -0.4 is 5.32 Å². The Bertz CT molecular complexity index is 377. The molecular weight excluding hydrogens is 224 g/mol. The van der Waals surface area contributed by atoms with E-state index in [2.05, 4.69) is 24.1 Å². The van der Waals surface area contributed by atoms with Gasteiger partial charge in [0.25, 0.3) is 0 Å². The Morgan fingerprint density at radius 2 is 2.11 bits per heavy atom. The molecule has 0 radical (unpaired) electrons. The number of rotatable bonds is 8. The fraction of sp³-hybridized carbons (Fsp3) is 0.600. The number of aromatic nitrogens is 1. The molecule has 1 heterocycles. The molecule has 0 aromatic carbocycles. The number of pyridine rings is 1. The van der Waals surface area contributed by atoms with Gasteiger partial charge in [0, 0.05) is 18.7 Å². The lowest BCUT2D eigenvalue weighted by atomic mass is 10.1. The van der Waals surface area contributed by atoms with E-state index in [1.165, 1.54) is 0 Å². The van der Waals surface area contributed by atoms with Crippen LogP contribution in [0.3, 0.4) is 0 Å². The minimum atomic E-state index is 0.180. The monoisotopic (exact) mass is 248 g/mol. The second-order valence-electron chi connectivity index (χ2n) is 4.61. The van der Waals surface area contributed by atoms with Gasteiger partial charge in [0.2, 0.25) is 0 Å². The highest BCUT2D eigenvalue weighted by molar-refractivity contribution is 6.00. The first-order valence-corrected chi connectivity index (χ1v) is 6.97. The molecule has 0 saturated heterocycles. The Morgan fingerprint density at radius 3 is 2.72 bits per heavy atom. The van der Waals surface area contributed by atoms with E-state index < -0.39 is 0 Å². The van der Waals surface area contributed by atoms with Crippen molar-refractivity contribution in [2.45, 2.75) is 58.9 Å². The summed E-state index contributed by atoms with van der Waals surface area (Å²) in [7, 11) is 0. The lowest BCUT2D eigenvalue weighted by Gasteiger charge is -2.18. The molecule has 100 valence electrons. The number of hydrogen-bond acceptors (Lipinski definition) is 3. The third-order valence-corrected chi connectivity index (χ3v) is 3.06. The lowest BCUT2D eigenvalue weighted by Crippen LogP contribution is -2.20. The van der Waals surface area contributed by atoms with Crippen LogP contribution in [-0.2, 0) is 0 Å². The van der Waals surface area contributed by atoms with Gasteiger partial charge in [-0.3, -0.25) is 4.79 Å². The number of nitrogens with one attached hydrogen (secondary N) is 1. The smallest absolute Gasteiger partial charge is 0.166 e. The summed E-state index contributed by atoms with van der Waals surface area (Å²) in [4.78, 5) is 16.3. The molecule has 0 saturated carbocycles. The molecule has 0 aliphatic heterocycles. The van der Waals surface area contributed by atoms with Crippen molar-refractivity contribution in [1.82, 2.24) is 4.98 Å². The molecule has 0 aliphatic rings. The van der Waals surface area contributed by atoms with Gasteiger partial charge in [0.05, 0.1) is 5.56 Å². The van der Waals surface area contributed by atoms with Gasteiger partial charge < -0.3 is 5.32 Å². The van der Waals surface area contributed by atoms with Gasteiger partial charge in [-0.25, -0.2) is 4.98 Å². The number of nitrogens with zero attached hydrogens (tertiary/aromatic N) is 1. The zero-order valence-electron chi connectivity index (χ0n) is 11.7. The van der Waals surface area contributed by atoms with E-state index in [0.717, 1.165) is 37.1 Å². The summed E-state index contributed by atoms with van der Waals surface area (Å²) < 4.78 is 0. The van der Waals surface area contributed by atoms with Gasteiger partial charge in [0.1, 0.15) is 5.82 Å². The van der Waals surface area contributed by atoms with Crippen molar-refractivity contribution in [3.8, 4) is 0 Å². The third-order valence-electron chi connectivity index (χ3n) is 3.06. The van der Waals surface area contributed by atoms with Crippen LogP contribution in [0, 0.1) is 0 Å². The molecule has 0 fully saturated rings. The number of hydrogen-bond donors (Lipinski definition) is 1. The molecule has 0 aliphatic carbocycles. The predicted molar refractivity (Wildman–Crippen MR) is 76.1 cm³/mol. The molecule has 18 heavy (non-hydrogen) atoms. The normalized spacial score (nSPS) is 12.2. The molecule has 1 unspecified atom stereocenters. The second kappa shape index (κ2) is 7.85. The Labute approximate surface area is 110 Å². The highest BCUT2D eigenvalue weighted by Gasteiger charge is 2.13. The van der Waals surface area contributed by atoms with Crippen LogP contribution in [-0.4, -0.2) is 16.8 Å². The van der Waals surface area contributed by atoms with Crippen LogP contribution in [0.15, 0.2) is 18.3 Å². The molecule has 1 rings (SSSR count). The highest BCUT2D eigenvalue weighted by atomic mass is 16.1. The largest absolute Gasteiger partial charge is 0.367 e. The first-order valence-electron chi connectivity index (χ1n) is 6.97. The summed E-state index contributed by atoms with van der Waals surface area (Å²) in [5, 5.41) is 3.41. The molecule has 3 nitrogen and oxygen atoms in total. The Morgan fingerprint density at radius 1 is 1.33 bits per heavy atom. The molecule has 0 bridgehead atoms. The lowest BCUT2D eigenvalue weighted by molar-refractivity contribution is 0.0982. The molecule has 1 N–H and O–H groups in total. The van der Waals surface area contributed by atoms with E-state index in [9.17, 15) is 4.79 Å². The van der Waals surface area contributed by atoms with Crippen molar-refractivity contribution in [2.24, 2.45) is 0 Å². The maximum Gasteiger partial charge on any atom is 0.166 e. The van der Waals surface area contributed by atoms with Crippen molar-refractivity contribution in [1.29, 1.82) is 0 Å². The van der Waals surface area contributed by atoms with Gasteiger partial charge >= 0.3 is 0 Å². The van der Waals surface area contributed by atoms with Crippen LogP contribution in [0.5, 0.6) is 0 Å². The molecular formula is C15H24N2O. The van der Waals surface area contributed by atoms with E-state index in [1.54, 1.807) is 6.20 Å². The topological polar surface area (TPSA) is 42.0 Å². The predicted octanol–water partition coefficient (Wildman–Crippen LogP) is 4.06. The van der Waals surface area contributed by atoms with Crippen molar-refractivity contribution >= 4 is 11.6 Å². The fourth-order valence-electron chi connectivity index (χ4n) is 2.03. The van der Waals surface area contributed by atoms with Crippen molar-refractivity contribution < 1.29 is 4.79 Å². The van der Waals surface area contributed by atoms with Crippen LogP contribution in [0.2, 0.25) is 0 Å². The van der Waals surface area contributed by atoms with Crippen LogP contribution in [0.4, 0.5) is 5.82 Å². The summed E-state index contributed by atoms with van der Waals surface area (Å²) in [6.45, 7) is 6.35. The molecule has 1 aromatic heterocycles. The Balaban J connectivity index is 2.84. The zero-order valence-corrected chi connectivity index (χ0v) is 11.7. The number of anilines is 1. The van der Waals surface area contributed by atoms with Crippen LogP contribution in [0.25, 0.3) is 0 Å². The van der Waals surface area contributed by atoms with E-state index >= 15 is 0 Å². The van der Waals surface area contributed by atoms with Gasteiger partial charge in [-0.05, 0) is 31.4 Å². The maximum atomic E-state index is 12.0. The Kier molecular flexibility index (Phi) is 6.40. The zero-order chi connectivity index (χ0) is 13.4. The number of ketones is 1. The van der Waals surface area contributed by atoms with Crippen molar-refractivity contribution in [3.05, 3.63) is 23.9 Å². The molecule has 1 atom stereocenters. The summed E-state index contributed by atoms with van der Waals surface area (Å²) in [5.74, 6) is 0.927. The van der Waals surface area contributed by atoms with Gasteiger partial charge in [-0.1, -0.05) is 27.2 Å². The molecule has 1 aromatic rings. The average molecular weight is 248 g/mol. The van der Waals surface area contributed by atoms with E-state index in [4.69, 9.17) is 0 Å². The molecule has 0 spiro atoms. The maximum absolute atomic E-state index is 12.0. The third kappa shape index (κ3) is 4.13. The number of carbonyl (C=O) groups is 1. The minimum absolute atomic E-state index is 0.180.